The van der Waals surface area contributed by atoms with Crippen LogP contribution in [-0.2, 0) is 28.4 Å². The van der Waals surface area contributed by atoms with Crippen LogP contribution in [0.2, 0.25) is 0 Å². The van der Waals surface area contributed by atoms with Crippen LogP contribution in [0.5, 0.6) is 5.75 Å². The standard InChI is InChI=1S/C44H52FN6O8PS/c1-4-19-58-44(55)27(2)48-60(56,59-32-10-6-5-7-11-32)40(45)28-13-16-38-29(20-28)21-39(61-38)41(52)47-35-12-8-9-31-14-15-37(51(31)42(35)53)43(54)50-23-30(24-50)34-22-46-18-17-36(34)49-25-33(26-49)57-3/h5-7,10-11,13,16-18,20-22,27,30-31,33,35,37,40H,4,8-9,12,14-15,19,23-26H2,1-3H3,(H,47,52)(H,48,56)/t27-,31-,35-,37-,40-,60?/m0/s1. The number of carbonyl (C=O) groups excluding carboxylic acids is 4. The molecule has 8 rings (SSSR count). The summed E-state index contributed by atoms with van der Waals surface area (Å²) in [6, 6.07) is 13.8. The summed E-state index contributed by atoms with van der Waals surface area (Å²) < 4.78 is 47.9. The van der Waals surface area contributed by atoms with E-state index in [1.165, 1.54) is 30.4 Å². The highest BCUT2D eigenvalue weighted by Gasteiger charge is 2.48. The molecule has 6 atom stereocenters. The molecule has 2 aromatic carbocycles. The third-order valence-electron chi connectivity index (χ3n) is 12.2. The van der Waals surface area contributed by atoms with Crippen molar-refractivity contribution < 1.29 is 42.1 Å². The Morgan fingerprint density at radius 2 is 1.80 bits per heavy atom. The van der Waals surface area contributed by atoms with Crippen molar-refractivity contribution in [2.24, 2.45) is 0 Å². The molecule has 4 fully saturated rings. The number of nitrogens with zero attached hydrogens (tertiary/aromatic N) is 4. The lowest BCUT2D eigenvalue weighted by atomic mass is 9.89. The predicted molar refractivity (Wildman–Crippen MR) is 230 cm³/mol. The minimum absolute atomic E-state index is 0.0265. The number of aromatic nitrogens is 1. The van der Waals surface area contributed by atoms with Crippen molar-refractivity contribution >= 4 is 58.3 Å². The highest BCUT2D eigenvalue weighted by atomic mass is 32.1. The number of para-hydroxylation sites is 1. The number of likely N-dealkylation sites (tertiary alicyclic amines) is 1. The van der Waals surface area contributed by atoms with Gasteiger partial charge in [0.2, 0.25) is 17.7 Å². The van der Waals surface area contributed by atoms with Crippen molar-refractivity contribution in [1.29, 1.82) is 0 Å². The lowest BCUT2D eigenvalue weighted by Crippen LogP contribution is -2.59. The number of ether oxygens (including phenoxy) is 2. The summed E-state index contributed by atoms with van der Waals surface area (Å²) in [6.07, 6.45) is 7.71. The van der Waals surface area contributed by atoms with Crippen LogP contribution in [0.25, 0.3) is 10.1 Å². The molecule has 4 aromatic rings. The Morgan fingerprint density at radius 3 is 2.56 bits per heavy atom. The molecular weight excluding hydrogens is 823 g/mol. The fourth-order valence-corrected chi connectivity index (χ4v) is 11.6. The van der Waals surface area contributed by atoms with E-state index in [1.807, 2.05) is 24.1 Å². The normalized spacial score (nSPS) is 22.7. The maximum Gasteiger partial charge on any atom is 0.355 e. The first-order valence-corrected chi connectivity index (χ1v) is 23.6. The quantitative estimate of drug-likeness (QED) is 0.0983. The van der Waals surface area contributed by atoms with Crippen LogP contribution in [0.3, 0.4) is 0 Å². The van der Waals surface area contributed by atoms with Gasteiger partial charge in [0.15, 0.2) is 0 Å². The fraction of sp³-hybridized carbons (Fsp3) is 0.477. The molecule has 4 saturated heterocycles. The van der Waals surface area contributed by atoms with Crippen molar-refractivity contribution in [3.8, 4) is 5.75 Å². The van der Waals surface area contributed by atoms with E-state index in [2.05, 4.69) is 20.3 Å². The molecule has 1 unspecified atom stereocenters. The molecule has 14 nitrogen and oxygen atoms in total. The average molecular weight is 875 g/mol. The lowest BCUT2D eigenvalue weighted by molar-refractivity contribution is -0.148. The highest BCUT2D eigenvalue weighted by Crippen LogP contribution is 2.58. The summed E-state index contributed by atoms with van der Waals surface area (Å²) in [4.78, 5) is 65.2. The van der Waals surface area contributed by atoms with Gasteiger partial charge in [0.25, 0.3) is 5.91 Å². The van der Waals surface area contributed by atoms with Crippen LogP contribution in [0.15, 0.2) is 73.1 Å². The average Bonchev–Trinajstić information content (AvgIpc) is 3.82. The molecule has 6 heterocycles. The molecule has 0 spiro atoms. The maximum absolute atomic E-state index is 16.5. The summed E-state index contributed by atoms with van der Waals surface area (Å²) in [5, 5.41) is 6.08. The number of fused-ring (bicyclic) bond motifs is 2. The Balaban J connectivity index is 0.930. The lowest BCUT2D eigenvalue weighted by Gasteiger charge is -2.45. The predicted octanol–water partition coefficient (Wildman–Crippen LogP) is 6.57. The van der Waals surface area contributed by atoms with E-state index < -0.39 is 43.4 Å². The number of anilines is 1. The smallest absolute Gasteiger partial charge is 0.355 e. The van der Waals surface area contributed by atoms with Gasteiger partial charge >= 0.3 is 13.5 Å². The van der Waals surface area contributed by atoms with Crippen molar-refractivity contribution in [3.05, 3.63) is 89.1 Å². The van der Waals surface area contributed by atoms with Crippen molar-refractivity contribution in [3.63, 3.8) is 0 Å². The molecule has 0 aliphatic carbocycles. The van der Waals surface area contributed by atoms with Crippen molar-refractivity contribution in [1.82, 2.24) is 25.2 Å². The van der Waals surface area contributed by atoms with Gasteiger partial charge in [-0.3, -0.25) is 28.7 Å². The number of hydrogen-bond donors (Lipinski definition) is 2. The van der Waals surface area contributed by atoms with Gasteiger partial charge in [0, 0.05) is 73.6 Å². The highest BCUT2D eigenvalue weighted by molar-refractivity contribution is 7.57. The first-order chi connectivity index (χ1) is 29.5. The molecule has 0 saturated carbocycles. The minimum Gasteiger partial charge on any atom is -0.465 e. The van der Waals surface area contributed by atoms with E-state index in [0.717, 1.165) is 43.6 Å². The van der Waals surface area contributed by atoms with Gasteiger partial charge in [-0.25, -0.2) is 9.48 Å². The Hall–Kier alpha value is -4.89. The topological polar surface area (TPSA) is 160 Å². The van der Waals surface area contributed by atoms with Crippen LogP contribution in [0.4, 0.5) is 10.1 Å². The third kappa shape index (κ3) is 8.91. The Morgan fingerprint density at radius 1 is 1.02 bits per heavy atom. The number of carbonyl (C=O) groups is 4. The van der Waals surface area contributed by atoms with Crippen LogP contribution in [0, 0.1) is 0 Å². The molecule has 2 aromatic heterocycles. The summed E-state index contributed by atoms with van der Waals surface area (Å²) in [5.41, 5.74) is 2.27. The maximum atomic E-state index is 16.5. The molecule has 17 heteroatoms. The first kappa shape index (κ1) is 42.8. The van der Waals surface area contributed by atoms with Crippen molar-refractivity contribution in [2.45, 2.75) is 94.5 Å². The Labute approximate surface area is 358 Å². The molecule has 4 aliphatic heterocycles. The molecule has 61 heavy (non-hydrogen) atoms. The van der Waals surface area contributed by atoms with Crippen LogP contribution < -0.4 is 19.8 Å². The van der Waals surface area contributed by atoms with Gasteiger partial charge in [-0.2, -0.15) is 0 Å². The molecule has 2 N–H and O–H groups in total. The van der Waals surface area contributed by atoms with E-state index in [4.69, 9.17) is 14.0 Å². The van der Waals surface area contributed by atoms with Crippen LogP contribution in [-0.4, -0.2) is 109 Å². The molecule has 324 valence electrons. The second kappa shape index (κ2) is 18.2. The molecule has 3 amide bonds. The summed E-state index contributed by atoms with van der Waals surface area (Å²) in [7, 11) is -2.72. The zero-order valence-corrected chi connectivity index (χ0v) is 36.2. The van der Waals surface area contributed by atoms with E-state index in [1.54, 1.807) is 60.7 Å². The monoisotopic (exact) mass is 874 g/mol. The van der Waals surface area contributed by atoms with Crippen LogP contribution in [0.1, 0.15) is 85.0 Å². The Bertz CT molecular complexity index is 2310. The second-order valence-corrected chi connectivity index (χ2v) is 19.5. The van der Waals surface area contributed by atoms with Gasteiger partial charge in [0.1, 0.15) is 23.9 Å². The summed E-state index contributed by atoms with van der Waals surface area (Å²) in [5.74, 6) is -3.32. The number of thiophene rings is 1. The number of halogens is 1. The van der Waals surface area contributed by atoms with E-state index in [0.29, 0.717) is 47.3 Å². The van der Waals surface area contributed by atoms with Gasteiger partial charge < -0.3 is 34.0 Å². The van der Waals surface area contributed by atoms with Gasteiger partial charge in [-0.15, -0.1) is 11.3 Å². The van der Waals surface area contributed by atoms with Gasteiger partial charge in [-0.1, -0.05) is 31.2 Å². The number of nitrogens with one attached hydrogen (secondary N) is 2. The molecule has 0 radical (unpaired) electrons. The fourth-order valence-electron chi connectivity index (χ4n) is 8.76. The number of benzene rings is 2. The number of hydrogen-bond acceptors (Lipinski definition) is 11. The molecule has 4 aliphatic rings. The number of rotatable bonds is 15. The third-order valence-corrected chi connectivity index (χ3v) is 15.4. The number of alkyl halides is 1. The molecule has 0 bridgehead atoms. The first-order valence-electron chi connectivity index (χ1n) is 21.1. The Kier molecular flexibility index (Phi) is 12.8. The minimum atomic E-state index is -4.44. The summed E-state index contributed by atoms with van der Waals surface area (Å²) in [6.45, 7) is 6.19. The van der Waals surface area contributed by atoms with E-state index in [-0.39, 0.29) is 47.8 Å². The zero-order chi connectivity index (χ0) is 42.8. The van der Waals surface area contributed by atoms with Crippen LogP contribution >= 0.6 is 18.9 Å². The largest absolute Gasteiger partial charge is 0.465 e. The number of amides is 3. The summed E-state index contributed by atoms with van der Waals surface area (Å²) >= 11 is 1.19. The molecular formula is C44H52FN6O8PS. The number of methoxy groups -OCH3 is 1. The van der Waals surface area contributed by atoms with E-state index >= 15 is 4.39 Å². The van der Waals surface area contributed by atoms with Gasteiger partial charge in [-0.05, 0) is 92.8 Å². The second-order valence-electron chi connectivity index (χ2n) is 16.4. The van der Waals surface area contributed by atoms with E-state index in [9.17, 15) is 23.7 Å². The number of pyridine rings is 1. The van der Waals surface area contributed by atoms with Gasteiger partial charge in [0.05, 0.1) is 17.6 Å². The number of esters is 1. The van der Waals surface area contributed by atoms with Crippen molar-refractivity contribution in [2.75, 3.05) is 44.8 Å². The SMILES string of the molecule is CCCOC(=O)[C@H](C)NP(=O)(Oc1ccccc1)[C@H](F)c1ccc2sc(C(=O)N[C@H]3CCC[C@H]4CC[C@@H](C(=O)N5CC(c6cnccc6N6CC(OC)C6)C5)N4C3=O)cc2c1. The zero-order valence-electron chi connectivity index (χ0n) is 34.5.